The largest absolute Gasteiger partial charge is 0.501 e. The van der Waals surface area contributed by atoms with Gasteiger partial charge in [-0.2, -0.15) is 0 Å². The van der Waals surface area contributed by atoms with E-state index in [9.17, 15) is 4.39 Å². The molecule has 323 valence electrons. The number of furan rings is 1. The topological polar surface area (TPSA) is 43.9 Å². The second-order valence-electron chi connectivity index (χ2n) is 17.8. The molecule has 4 nitrogen and oxygen atoms in total. The number of aryl methyl sites for hydroxylation is 2. The predicted octanol–water partition coefficient (Wildman–Crippen LogP) is 15.3. The summed E-state index contributed by atoms with van der Waals surface area (Å²) in [6.45, 7) is 8.06. The first kappa shape index (κ1) is 37.3. The predicted molar refractivity (Wildman–Crippen MR) is 261 cm³/mol. The maximum Gasteiger partial charge on any atom is 0.121 e. The molecule has 1 radical (unpaired) electrons. The normalized spacial score (nSPS) is 14.0. The summed E-state index contributed by atoms with van der Waals surface area (Å²) in [6, 6.07) is 42.4. The monoisotopic (exact) mass is 1080 g/mol. The van der Waals surface area contributed by atoms with Crippen LogP contribution in [-0.2, 0) is 20.1 Å². The quantitative estimate of drug-likeness (QED) is 0.112. The average Bonchev–Trinajstić information content (AvgIpc) is 3.86. The molecule has 0 aliphatic rings. The average molecular weight is 1080 g/mol. The van der Waals surface area contributed by atoms with E-state index in [0.29, 0.717) is 23.1 Å². The van der Waals surface area contributed by atoms with Gasteiger partial charge < -0.3 is 8.98 Å². The third-order valence-electron chi connectivity index (χ3n) is 11.4. The van der Waals surface area contributed by atoms with Gasteiger partial charge in [0.2, 0.25) is 0 Å². The van der Waals surface area contributed by atoms with Gasteiger partial charge in [-0.15, -0.1) is 18.2 Å². The van der Waals surface area contributed by atoms with Crippen LogP contribution in [-0.4, -0.2) is 27.8 Å². The van der Waals surface area contributed by atoms with E-state index in [1.165, 1.54) is 22.9 Å². The van der Waals surface area contributed by atoms with Crippen LogP contribution in [0.25, 0.3) is 72.4 Å². The first-order valence-corrected chi connectivity index (χ1v) is 28.5. The van der Waals surface area contributed by atoms with Crippen LogP contribution in [0, 0.1) is 31.7 Å². The molecule has 0 amide bonds. The van der Waals surface area contributed by atoms with Gasteiger partial charge in [-0.05, 0) is 59.1 Å². The molecule has 0 saturated carbocycles. The van der Waals surface area contributed by atoms with Crippen molar-refractivity contribution < 1.29 is 38.5 Å². The van der Waals surface area contributed by atoms with Crippen molar-refractivity contribution in [1.29, 1.82) is 0 Å². The fourth-order valence-electron chi connectivity index (χ4n) is 8.21. The van der Waals surface area contributed by atoms with Gasteiger partial charge in [-0.3, -0.25) is 4.98 Å². The van der Waals surface area contributed by atoms with Crippen LogP contribution in [0.3, 0.4) is 0 Å². The van der Waals surface area contributed by atoms with Gasteiger partial charge in [0.15, 0.2) is 0 Å². The zero-order valence-electron chi connectivity index (χ0n) is 44.2. The molecular formula is C56H56FGeIrN3O-2. The van der Waals surface area contributed by atoms with E-state index in [-0.39, 0.29) is 31.2 Å². The molecule has 0 bridgehead atoms. The van der Waals surface area contributed by atoms with Crippen LogP contribution in [0.5, 0.6) is 0 Å². The van der Waals surface area contributed by atoms with Crippen LogP contribution >= 0.6 is 0 Å². The van der Waals surface area contributed by atoms with E-state index in [1.807, 2.05) is 36.4 Å². The van der Waals surface area contributed by atoms with Gasteiger partial charge in [0.25, 0.3) is 0 Å². The number of benzene rings is 6. The summed E-state index contributed by atoms with van der Waals surface area (Å²) >= 11 is -2.25. The van der Waals surface area contributed by atoms with Crippen molar-refractivity contribution in [3.8, 4) is 39.5 Å². The van der Waals surface area contributed by atoms with Crippen molar-refractivity contribution in [2.45, 2.75) is 90.2 Å². The van der Waals surface area contributed by atoms with Crippen LogP contribution in [0.15, 0.2) is 126 Å². The van der Waals surface area contributed by atoms with E-state index in [4.69, 9.17) is 19.0 Å². The van der Waals surface area contributed by atoms with Crippen molar-refractivity contribution in [2.24, 2.45) is 0 Å². The number of fused-ring (bicyclic) bond motifs is 4. The van der Waals surface area contributed by atoms with Gasteiger partial charge in [-0.1, -0.05) is 111 Å². The van der Waals surface area contributed by atoms with E-state index in [2.05, 4.69) is 115 Å². The molecule has 0 spiro atoms. The molecule has 3 heterocycles. The van der Waals surface area contributed by atoms with Gasteiger partial charge in [0.1, 0.15) is 5.58 Å². The van der Waals surface area contributed by atoms with Crippen LogP contribution in [0.2, 0.25) is 17.3 Å². The molecule has 0 N–H and O–H groups in total. The Bertz CT molecular complexity index is 3340. The van der Waals surface area contributed by atoms with E-state index < -0.39 is 38.7 Å². The number of imidazole rings is 1. The minimum absolute atomic E-state index is 0. The minimum atomic E-state index is -2.37. The smallest absolute Gasteiger partial charge is 0.121 e. The summed E-state index contributed by atoms with van der Waals surface area (Å²) in [7, 11) is 0. The van der Waals surface area contributed by atoms with Crippen molar-refractivity contribution in [1.82, 2.24) is 14.5 Å². The summed E-state index contributed by atoms with van der Waals surface area (Å²) in [5.74, 6) is 6.61. The Morgan fingerprint density at radius 3 is 2.08 bits per heavy atom. The Morgan fingerprint density at radius 1 is 0.730 bits per heavy atom. The van der Waals surface area contributed by atoms with E-state index in [0.717, 1.165) is 71.5 Å². The summed E-state index contributed by atoms with van der Waals surface area (Å²) in [4.78, 5) is 9.59. The van der Waals surface area contributed by atoms with Crippen LogP contribution in [0.1, 0.15) is 96.7 Å². The first-order chi connectivity index (χ1) is 32.3. The first-order valence-electron chi connectivity index (χ1n) is 24.6. The molecule has 63 heavy (non-hydrogen) atoms. The Kier molecular flexibility index (Phi) is 11.0. The maximum atomic E-state index is 14.5. The van der Waals surface area contributed by atoms with E-state index >= 15 is 0 Å². The SMILES string of the molecule is [2H]C([2H])([2H])c1c[c-]c(-c2cc(C([2H])(C)C)[c]([Ge]([CH3])([CH3])[CH3])cn2)c(F)c1.[2H]C([2H])([2H])c1ccc(-c2ccc3c(c2)oc2c(-c4nc5ccccc5n4-c4c(C(C)C)cccc4C(C)C)[c-]ccc23)cc1.[Ir]. The number of nitrogens with zero attached hydrogens (tertiary/aromatic N) is 3. The van der Waals surface area contributed by atoms with Crippen molar-refractivity contribution >= 4 is 50.6 Å². The third kappa shape index (κ3) is 9.14. The van der Waals surface area contributed by atoms with Gasteiger partial charge in [-0.25, -0.2) is 0 Å². The van der Waals surface area contributed by atoms with Crippen molar-refractivity contribution in [3.63, 3.8) is 0 Å². The van der Waals surface area contributed by atoms with Gasteiger partial charge in [0.05, 0.1) is 22.4 Å². The third-order valence-corrected chi connectivity index (χ3v) is 15.6. The molecule has 6 aromatic carbocycles. The number of pyridine rings is 1. The minimum Gasteiger partial charge on any atom is -0.501 e. The molecule has 0 unspecified atom stereocenters. The summed E-state index contributed by atoms with van der Waals surface area (Å²) in [5, 5.41) is 2.00. The number of halogens is 1. The Balaban J connectivity index is 0.000000238. The fourth-order valence-corrected chi connectivity index (χ4v) is 11.5. The van der Waals surface area contributed by atoms with Gasteiger partial charge >= 0.3 is 135 Å². The molecule has 0 aliphatic heterocycles. The number of hydrogen-bond donors (Lipinski definition) is 0. The molecule has 7 heteroatoms. The Labute approximate surface area is 398 Å². The second-order valence-corrected chi connectivity index (χ2v) is 28.4. The second kappa shape index (κ2) is 18.5. The van der Waals surface area contributed by atoms with Crippen molar-refractivity contribution in [2.75, 3.05) is 0 Å². The summed E-state index contributed by atoms with van der Waals surface area (Å²) < 4.78 is 78.2. The van der Waals surface area contributed by atoms with E-state index in [1.54, 1.807) is 38.2 Å². The molecule has 0 fully saturated rings. The molecule has 0 saturated heterocycles. The number of para-hydroxylation sites is 3. The number of aromatic nitrogens is 3. The molecule has 0 atom stereocenters. The molecule has 0 aliphatic carbocycles. The van der Waals surface area contributed by atoms with Crippen molar-refractivity contribution in [3.05, 3.63) is 167 Å². The Morgan fingerprint density at radius 2 is 1.43 bits per heavy atom. The van der Waals surface area contributed by atoms with Crippen LogP contribution < -0.4 is 4.40 Å². The fraction of sp³-hybridized carbons (Fsp3) is 0.250. The molecular weight excluding hydrogens is 1010 g/mol. The van der Waals surface area contributed by atoms with Crippen LogP contribution in [0.4, 0.5) is 4.39 Å². The summed E-state index contributed by atoms with van der Waals surface area (Å²) in [5.41, 5.74) is 11.5. The number of hydrogen-bond acceptors (Lipinski definition) is 3. The summed E-state index contributed by atoms with van der Waals surface area (Å²) in [6.07, 6.45) is 1.76. The molecule has 3 aromatic heterocycles. The zero-order chi connectivity index (χ0) is 50.0. The maximum absolute atomic E-state index is 14.5. The Hall–Kier alpha value is -5.14. The standard InChI is InChI=1S/C38H33N2O.C18H23FGeN.Ir/c1-23(2)28-10-8-11-29(24(3)4)36(28)40-34-15-7-6-14-33(34)39-38(40)32-13-9-12-31-30-21-20-27(22-35(30)41-37(31)32)26-18-16-25(5)17-19-26;1-12(2)15-10-18(21-11-17(15)20(4,5)6)14-8-7-13(3)9-16(14)19;/h6-12,14-24H,1-5H3;7,9-12H,1-6H3;/q2*-1;/i5D3;3D3,12D;. The molecule has 9 rings (SSSR count). The van der Waals surface area contributed by atoms with Gasteiger partial charge in [0, 0.05) is 35.3 Å². The molecule has 9 aromatic rings. The zero-order valence-corrected chi connectivity index (χ0v) is 41.7. The number of rotatable bonds is 8.